The van der Waals surface area contributed by atoms with Crippen molar-refractivity contribution in [1.29, 1.82) is 0 Å². The zero-order valence-corrected chi connectivity index (χ0v) is 10.7. The van der Waals surface area contributed by atoms with Crippen LogP contribution in [0.25, 0.3) is 0 Å². The Morgan fingerprint density at radius 1 is 1.00 bits per heavy atom. The lowest BCUT2D eigenvalue weighted by atomic mass is 10.1. The number of carbonyl (C=O) groups is 2. The Morgan fingerprint density at radius 2 is 1.70 bits per heavy atom. The molecular formula is C15H14N2O3. The molecule has 0 aliphatic heterocycles. The van der Waals surface area contributed by atoms with E-state index in [0.717, 1.165) is 5.56 Å². The maximum Gasteiger partial charge on any atom is 0.274 e. The van der Waals surface area contributed by atoms with E-state index in [2.05, 4.69) is 5.48 Å². The van der Waals surface area contributed by atoms with E-state index in [4.69, 9.17) is 10.6 Å². The molecule has 0 aromatic heterocycles. The molecule has 5 nitrogen and oxygen atoms in total. The molecule has 2 aromatic rings. The van der Waals surface area contributed by atoms with E-state index in [1.165, 1.54) is 6.07 Å². The molecule has 2 amide bonds. The van der Waals surface area contributed by atoms with E-state index in [0.29, 0.717) is 5.56 Å². The van der Waals surface area contributed by atoms with Crippen molar-refractivity contribution in [3.8, 4) is 0 Å². The standard InChI is InChI=1S/C15H14N2O3/c16-14(18)12-7-4-8-13(9-12)15(19)17-20-10-11-5-2-1-3-6-11/h1-9H,10H2,(H2,16,18)(H,17,19). The van der Waals surface area contributed by atoms with Crippen molar-refractivity contribution in [2.45, 2.75) is 6.61 Å². The second-order valence-corrected chi connectivity index (χ2v) is 4.15. The van der Waals surface area contributed by atoms with E-state index in [-0.39, 0.29) is 12.2 Å². The molecule has 0 spiro atoms. The van der Waals surface area contributed by atoms with Crippen LogP contribution in [0.3, 0.4) is 0 Å². The number of nitrogens with one attached hydrogen (secondary N) is 1. The van der Waals surface area contributed by atoms with Crippen LogP contribution in [-0.4, -0.2) is 11.8 Å². The van der Waals surface area contributed by atoms with Gasteiger partial charge in [-0.1, -0.05) is 36.4 Å². The lowest BCUT2D eigenvalue weighted by Crippen LogP contribution is -2.24. The predicted octanol–water partition coefficient (Wildman–Crippen LogP) is 1.65. The summed E-state index contributed by atoms with van der Waals surface area (Å²) in [6.07, 6.45) is 0. The van der Waals surface area contributed by atoms with Gasteiger partial charge in [-0.15, -0.1) is 0 Å². The van der Waals surface area contributed by atoms with Crippen LogP contribution in [0.2, 0.25) is 0 Å². The van der Waals surface area contributed by atoms with Crippen molar-refractivity contribution in [1.82, 2.24) is 5.48 Å². The molecule has 2 rings (SSSR count). The van der Waals surface area contributed by atoms with Gasteiger partial charge in [0, 0.05) is 11.1 Å². The van der Waals surface area contributed by atoms with E-state index in [1.807, 2.05) is 30.3 Å². The zero-order valence-electron chi connectivity index (χ0n) is 10.7. The first-order valence-corrected chi connectivity index (χ1v) is 6.03. The van der Waals surface area contributed by atoms with Gasteiger partial charge in [-0.25, -0.2) is 5.48 Å². The van der Waals surface area contributed by atoms with Gasteiger partial charge in [0.05, 0.1) is 6.61 Å². The molecule has 0 fully saturated rings. The minimum Gasteiger partial charge on any atom is -0.366 e. The number of nitrogens with two attached hydrogens (primary N) is 1. The van der Waals surface area contributed by atoms with Crippen molar-refractivity contribution in [3.63, 3.8) is 0 Å². The molecule has 0 unspecified atom stereocenters. The summed E-state index contributed by atoms with van der Waals surface area (Å²) in [4.78, 5) is 28.0. The second kappa shape index (κ2) is 6.49. The number of hydrogen-bond acceptors (Lipinski definition) is 3. The highest BCUT2D eigenvalue weighted by atomic mass is 16.6. The highest BCUT2D eigenvalue weighted by Crippen LogP contribution is 2.05. The van der Waals surface area contributed by atoms with Gasteiger partial charge >= 0.3 is 0 Å². The van der Waals surface area contributed by atoms with Crippen molar-refractivity contribution in [2.24, 2.45) is 5.73 Å². The van der Waals surface area contributed by atoms with Gasteiger partial charge in [0.15, 0.2) is 0 Å². The maximum atomic E-state index is 11.8. The lowest BCUT2D eigenvalue weighted by molar-refractivity contribution is 0.0233. The summed E-state index contributed by atoms with van der Waals surface area (Å²) >= 11 is 0. The highest BCUT2D eigenvalue weighted by molar-refractivity contribution is 5.98. The third-order valence-electron chi connectivity index (χ3n) is 2.66. The van der Waals surface area contributed by atoms with Crippen LogP contribution in [0.15, 0.2) is 54.6 Å². The summed E-state index contributed by atoms with van der Waals surface area (Å²) in [7, 11) is 0. The third-order valence-corrected chi connectivity index (χ3v) is 2.66. The molecule has 0 saturated carbocycles. The van der Waals surface area contributed by atoms with E-state index in [9.17, 15) is 9.59 Å². The number of hydroxylamine groups is 1. The zero-order chi connectivity index (χ0) is 14.4. The van der Waals surface area contributed by atoms with Crippen LogP contribution >= 0.6 is 0 Å². The molecule has 0 saturated heterocycles. The summed E-state index contributed by atoms with van der Waals surface area (Å²) in [5, 5.41) is 0. The number of benzene rings is 2. The van der Waals surface area contributed by atoms with Gasteiger partial charge in [-0.2, -0.15) is 0 Å². The topological polar surface area (TPSA) is 81.4 Å². The first-order chi connectivity index (χ1) is 9.66. The van der Waals surface area contributed by atoms with Gasteiger partial charge in [-0.3, -0.25) is 14.4 Å². The molecule has 0 aliphatic carbocycles. The first kappa shape index (κ1) is 13.8. The molecule has 0 atom stereocenters. The van der Waals surface area contributed by atoms with Crippen LogP contribution in [0.4, 0.5) is 0 Å². The maximum absolute atomic E-state index is 11.8. The minimum absolute atomic E-state index is 0.266. The monoisotopic (exact) mass is 270 g/mol. The molecule has 2 aromatic carbocycles. The Balaban J connectivity index is 1.92. The van der Waals surface area contributed by atoms with Crippen molar-refractivity contribution in [2.75, 3.05) is 0 Å². The third kappa shape index (κ3) is 3.66. The van der Waals surface area contributed by atoms with Crippen molar-refractivity contribution < 1.29 is 14.4 Å². The van der Waals surface area contributed by atoms with Crippen LogP contribution in [0.1, 0.15) is 26.3 Å². The number of carbonyl (C=O) groups excluding carboxylic acids is 2. The number of amides is 2. The molecule has 0 radical (unpaired) electrons. The quantitative estimate of drug-likeness (QED) is 0.810. The molecule has 3 N–H and O–H groups in total. The Morgan fingerprint density at radius 3 is 2.40 bits per heavy atom. The van der Waals surface area contributed by atoms with Crippen molar-refractivity contribution >= 4 is 11.8 Å². The number of hydrogen-bond donors (Lipinski definition) is 2. The fraction of sp³-hybridized carbons (Fsp3) is 0.0667. The molecule has 0 heterocycles. The Bertz CT molecular complexity index is 612. The Hall–Kier alpha value is -2.66. The predicted molar refractivity (Wildman–Crippen MR) is 73.7 cm³/mol. The summed E-state index contributed by atoms with van der Waals surface area (Å²) in [6, 6.07) is 15.6. The fourth-order valence-corrected chi connectivity index (χ4v) is 1.63. The van der Waals surface area contributed by atoms with Crippen molar-refractivity contribution in [3.05, 3.63) is 71.3 Å². The van der Waals surface area contributed by atoms with Gasteiger partial charge in [0.2, 0.25) is 5.91 Å². The van der Waals surface area contributed by atoms with Crippen LogP contribution in [0, 0.1) is 0 Å². The minimum atomic E-state index is -0.579. The summed E-state index contributed by atoms with van der Waals surface area (Å²) in [5.41, 5.74) is 9.02. The summed E-state index contributed by atoms with van der Waals surface area (Å²) < 4.78 is 0. The molecule has 20 heavy (non-hydrogen) atoms. The average Bonchev–Trinajstić information content (AvgIpc) is 2.48. The largest absolute Gasteiger partial charge is 0.366 e. The second-order valence-electron chi connectivity index (χ2n) is 4.15. The van der Waals surface area contributed by atoms with Gasteiger partial charge in [0.1, 0.15) is 0 Å². The highest BCUT2D eigenvalue weighted by Gasteiger charge is 2.08. The molecule has 0 aliphatic rings. The normalized spacial score (nSPS) is 10.0. The van der Waals surface area contributed by atoms with E-state index in [1.54, 1.807) is 18.2 Å². The molecule has 0 bridgehead atoms. The van der Waals surface area contributed by atoms with Gasteiger partial charge in [-0.05, 0) is 23.8 Å². The molecule has 102 valence electrons. The number of rotatable bonds is 5. The Kier molecular flexibility index (Phi) is 4.47. The average molecular weight is 270 g/mol. The van der Waals surface area contributed by atoms with Crippen LogP contribution in [0.5, 0.6) is 0 Å². The molecule has 5 heteroatoms. The van der Waals surface area contributed by atoms with Gasteiger partial charge in [0.25, 0.3) is 5.91 Å². The number of primary amides is 1. The van der Waals surface area contributed by atoms with E-state index >= 15 is 0 Å². The van der Waals surface area contributed by atoms with Crippen LogP contribution in [-0.2, 0) is 11.4 Å². The lowest BCUT2D eigenvalue weighted by Gasteiger charge is -2.06. The summed E-state index contributed by atoms with van der Waals surface area (Å²) in [6.45, 7) is 0.266. The summed E-state index contributed by atoms with van der Waals surface area (Å²) in [5.74, 6) is -1.01. The SMILES string of the molecule is NC(=O)c1cccc(C(=O)NOCc2ccccc2)c1. The Labute approximate surface area is 116 Å². The molecular weight excluding hydrogens is 256 g/mol. The fourth-order valence-electron chi connectivity index (χ4n) is 1.63. The first-order valence-electron chi connectivity index (χ1n) is 6.03. The van der Waals surface area contributed by atoms with Gasteiger partial charge < -0.3 is 5.73 Å². The van der Waals surface area contributed by atoms with E-state index < -0.39 is 11.8 Å². The van der Waals surface area contributed by atoms with Crippen LogP contribution < -0.4 is 11.2 Å². The smallest absolute Gasteiger partial charge is 0.274 e.